The molecule has 0 aromatic heterocycles. The third kappa shape index (κ3) is 1.53. The van der Waals surface area contributed by atoms with Crippen LogP contribution in [0.3, 0.4) is 0 Å². The normalized spacial score (nSPS) is 13.8. The van der Waals surface area contributed by atoms with Gasteiger partial charge >= 0.3 is 0 Å². The van der Waals surface area contributed by atoms with Gasteiger partial charge in [-0.25, -0.2) is 0 Å². The fourth-order valence-electron chi connectivity index (χ4n) is 3.60. The molecular weight excluding hydrogens is 244 g/mol. The molecule has 0 radical (unpaired) electrons. The van der Waals surface area contributed by atoms with Gasteiger partial charge in [-0.15, -0.1) is 0 Å². The molecule has 0 atom stereocenters. The predicted molar refractivity (Wildman–Crippen MR) is 83.5 cm³/mol. The van der Waals surface area contributed by atoms with Crippen molar-refractivity contribution in [1.29, 1.82) is 0 Å². The number of fused-ring (bicyclic) bond motifs is 5. The number of benzene rings is 3. The summed E-state index contributed by atoms with van der Waals surface area (Å²) in [6.45, 7) is 1.69. The molecule has 1 aliphatic rings. The van der Waals surface area contributed by atoms with E-state index in [1.54, 1.807) is 6.92 Å². The molecule has 0 spiro atoms. The number of ketones is 1. The monoisotopic (exact) mass is 260 g/mol. The maximum atomic E-state index is 12.0. The molecule has 3 aromatic carbocycles. The van der Waals surface area contributed by atoms with Crippen LogP contribution in [0.4, 0.5) is 0 Å². The van der Waals surface area contributed by atoms with Crippen LogP contribution in [-0.4, -0.2) is 5.78 Å². The highest BCUT2D eigenvalue weighted by atomic mass is 16.1. The van der Waals surface area contributed by atoms with Gasteiger partial charge in [0.05, 0.1) is 0 Å². The number of hydrogen-bond acceptors (Lipinski definition) is 1. The number of carbonyl (C=O) groups is 1. The molecule has 98 valence electrons. The Morgan fingerprint density at radius 1 is 0.900 bits per heavy atom. The maximum Gasteiger partial charge on any atom is 0.160 e. The van der Waals surface area contributed by atoms with Crippen molar-refractivity contribution in [1.82, 2.24) is 0 Å². The third-order valence-corrected chi connectivity index (χ3v) is 4.51. The van der Waals surface area contributed by atoms with Crippen LogP contribution >= 0.6 is 0 Å². The van der Waals surface area contributed by atoms with Gasteiger partial charge in [0.2, 0.25) is 0 Å². The molecule has 0 aliphatic heterocycles. The summed E-state index contributed by atoms with van der Waals surface area (Å²) in [4.78, 5) is 12.0. The van der Waals surface area contributed by atoms with E-state index in [1.807, 2.05) is 0 Å². The van der Waals surface area contributed by atoms with Crippen LogP contribution in [0.1, 0.15) is 34.8 Å². The van der Waals surface area contributed by atoms with Crippen LogP contribution in [0.2, 0.25) is 0 Å². The molecule has 4 rings (SSSR count). The summed E-state index contributed by atoms with van der Waals surface area (Å²) in [7, 11) is 0. The first-order valence-electron chi connectivity index (χ1n) is 7.23. The molecule has 0 unspecified atom stereocenters. The van der Waals surface area contributed by atoms with Crippen molar-refractivity contribution in [3.05, 3.63) is 59.2 Å². The molecular formula is C19H16O. The van der Waals surface area contributed by atoms with Crippen molar-refractivity contribution in [3.8, 4) is 0 Å². The van der Waals surface area contributed by atoms with Crippen LogP contribution in [0.15, 0.2) is 42.5 Å². The van der Waals surface area contributed by atoms with Crippen LogP contribution in [0, 0.1) is 0 Å². The molecule has 0 amide bonds. The second-order valence-electron chi connectivity index (χ2n) is 5.67. The van der Waals surface area contributed by atoms with E-state index in [2.05, 4.69) is 42.5 Å². The lowest BCUT2D eigenvalue weighted by molar-refractivity contribution is 0.101. The lowest BCUT2D eigenvalue weighted by atomic mass is 9.91. The Balaban J connectivity index is 2.22. The van der Waals surface area contributed by atoms with Crippen molar-refractivity contribution in [2.45, 2.75) is 26.2 Å². The van der Waals surface area contributed by atoms with Crippen molar-refractivity contribution in [2.75, 3.05) is 0 Å². The summed E-state index contributed by atoms with van der Waals surface area (Å²) in [5.41, 5.74) is 3.63. The Kier molecular flexibility index (Phi) is 2.43. The van der Waals surface area contributed by atoms with Crippen LogP contribution < -0.4 is 0 Å². The molecule has 1 aliphatic carbocycles. The Hall–Kier alpha value is -2.15. The number of carbonyl (C=O) groups excluding carboxylic acids is 1. The molecule has 1 nitrogen and oxygen atoms in total. The van der Waals surface area contributed by atoms with Gasteiger partial charge in [0, 0.05) is 5.56 Å². The minimum Gasteiger partial charge on any atom is -0.295 e. The van der Waals surface area contributed by atoms with Crippen molar-refractivity contribution in [3.63, 3.8) is 0 Å². The second-order valence-corrected chi connectivity index (χ2v) is 5.67. The Bertz CT molecular complexity index is 858. The Labute approximate surface area is 118 Å². The standard InChI is InChI=1S/C19H16O/c1-12(20)18-11-19-14-6-3-2-5-13(14)9-10-17(19)15-7-4-8-16(15)18/h2-3,5-6,9-11H,4,7-8H2,1H3. The van der Waals surface area contributed by atoms with Gasteiger partial charge in [0.1, 0.15) is 0 Å². The van der Waals surface area contributed by atoms with E-state index in [-0.39, 0.29) is 5.78 Å². The predicted octanol–water partition coefficient (Wildman–Crippen LogP) is 4.68. The quantitative estimate of drug-likeness (QED) is 0.458. The van der Waals surface area contributed by atoms with Gasteiger partial charge in [-0.05, 0) is 64.9 Å². The van der Waals surface area contributed by atoms with Crippen LogP contribution in [0.5, 0.6) is 0 Å². The zero-order valence-corrected chi connectivity index (χ0v) is 11.6. The molecule has 0 heterocycles. The highest BCUT2D eigenvalue weighted by molar-refractivity contribution is 6.12. The van der Waals surface area contributed by atoms with Gasteiger partial charge in [0.25, 0.3) is 0 Å². The average molecular weight is 260 g/mol. The summed E-state index contributed by atoms with van der Waals surface area (Å²) in [6.07, 6.45) is 3.32. The smallest absolute Gasteiger partial charge is 0.160 e. The van der Waals surface area contributed by atoms with Gasteiger partial charge in [-0.1, -0.05) is 36.4 Å². The minimum atomic E-state index is 0.193. The summed E-state index contributed by atoms with van der Waals surface area (Å²) >= 11 is 0. The average Bonchev–Trinajstić information content (AvgIpc) is 2.95. The second kappa shape index (κ2) is 4.17. The van der Waals surface area contributed by atoms with Gasteiger partial charge in [-0.2, -0.15) is 0 Å². The van der Waals surface area contributed by atoms with E-state index in [1.165, 1.54) is 39.1 Å². The fraction of sp³-hybridized carbons (Fsp3) is 0.211. The molecule has 0 fully saturated rings. The third-order valence-electron chi connectivity index (χ3n) is 4.51. The van der Waals surface area contributed by atoms with E-state index in [9.17, 15) is 4.79 Å². The number of hydrogen-bond donors (Lipinski definition) is 0. The summed E-state index contributed by atoms with van der Waals surface area (Å²) in [5.74, 6) is 0.193. The summed E-state index contributed by atoms with van der Waals surface area (Å²) in [5, 5.41) is 5.06. The first-order chi connectivity index (χ1) is 9.75. The van der Waals surface area contributed by atoms with Crippen molar-refractivity contribution in [2.24, 2.45) is 0 Å². The molecule has 0 saturated carbocycles. The maximum absolute atomic E-state index is 12.0. The zero-order valence-electron chi connectivity index (χ0n) is 11.6. The van der Waals surface area contributed by atoms with E-state index in [0.29, 0.717) is 0 Å². The topological polar surface area (TPSA) is 17.1 Å². The molecule has 0 saturated heterocycles. The molecule has 3 aromatic rings. The summed E-state index contributed by atoms with van der Waals surface area (Å²) in [6, 6.07) is 15.0. The lowest BCUT2D eigenvalue weighted by Gasteiger charge is -2.12. The van der Waals surface area contributed by atoms with Crippen LogP contribution in [-0.2, 0) is 12.8 Å². The van der Waals surface area contributed by atoms with Gasteiger partial charge in [0.15, 0.2) is 5.78 Å². The number of Topliss-reactive ketones (excluding diaryl/α,β-unsaturated/α-hetero) is 1. The number of rotatable bonds is 1. The van der Waals surface area contributed by atoms with Gasteiger partial charge in [-0.3, -0.25) is 4.79 Å². The molecule has 1 heteroatoms. The minimum absolute atomic E-state index is 0.193. The fourth-order valence-corrected chi connectivity index (χ4v) is 3.60. The van der Waals surface area contributed by atoms with E-state index in [0.717, 1.165) is 18.4 Å². The van der Waals surface area contributed by atoms with Gasteiger partial charge < -0.3 is 0 Å². The van der Waals surface area contributed by atoms with E-state index >= 15 is 0 Å². The first-order valence-corrected chi connectivity index (χ1v) is 7.23. The molecule has 0 bridgehead atoms. The van der Waals surface area contributed by atoms with Crippen molar-refractivity contribution >= 4 is 27.3 Å². The Morgan fingerprint density at radius 3 is 2.55 bits per heavy atom. The molecule has 20 heavy (non-hydrogen) atoms. The Morgan fingerprint density at radius 2 is 1.70 bits per heavy atom. The highest BCUT2D eigenvalue weighted by Gasteiger charge is 2.20. The van der Waals surface area contributed by atoms with Crippen molar-refractivity contribution < 1.29 is 4.79 Å². The van der Waals surface area contributed by atoms with E-state index < -0.39 is 0 Å². The summed E-state index contributed by atoms with van der Waals surface area (Å²) < 4.78 is 0. The zero-order chi connectivity index (χ0) is 13.7. The highest BCUT2D eigenvalue weighted by Crippen LogP contribution is 2.36. The SMILES string of the molecule is CC(=O)c1cc2c(ccc3ccccc32)c2c1CCC2. The lowest BCUT2D eigenvalue weighted by Crippen LogP contribution is -2.00. The largest absolute Gasteiger partial charge is 0.295 e. The van der Waals surface area contributed by atoms with E-state index in [4.69, 9.17) is 0 Å². The number of aryl methyl sites for hydroxylation is 1. The van der Waals surface area contributed by atoms with Crippen LogP contribution in [0.25, 0.3) is 21.5 Å². The first kappa shape index (κ1) is 11.7. The molecule has 0 N–H and O–H groups in total.